The number of hydrogen-bond acceptors (Lipinski definition) is 6. The van der Waals surface area contributed by atoms with Crippen molar-refractivity contribution in [1.29, 1.82) is 0 Å². The minimum absolute atomic E-state index is 0.0901. The molecule has 8 heteroatoms. The van der Waals surface area contributed by atoms with Gasteiger partial charge in [0, 0.05) is 30.9 Å². The molecule has 3 aromatic heterocycles. The standard InChI is InChI=1S/C20H23N5O2S/c1-13-14(2)28-19-18(13)20(27)25(12-22-19)10-7-17(26)23-16-6-5-15(11-21-16)24-8-3-4-9-24/h5-6,11-12H,3-4,7-10H2,1-2H3,(H,21,23,26). The van der Waals surface area contributed by atoms with Crippen LogP contribution in [0.5, 0.6) is 0 Å². The zero-order chi connectivity index (χ0) is 19.7. The largest absolute Gasteiger partial charge is 0.370 e. The molecule has 1 aliphatic rings. The molecule has 1 amide bonds. The highest BCUT2D eigenvalue weighted by Gasteiger charge is 2.14. The van der Waals surface area contributed by atoms with Crippen LogP contribution in [0.3, 0.4) is 0 Å². The molecule has 0 aliphatic carbocycles. The normalized spacial score (nSPS) is 14.0. The van der Waals surface area contributed by atoms with Gasteiger partial charge >= 0.3 is 0 Å². The van der Waals surface area contributed by atoms with Crippen LogP contribution in [0.2, 0.25) is 0 Å². The number of hydrogen-bond donors (Lipinski definition) is 1. The van der Waals surface area contributed by atoms with Crippen molar-refractivity contribution < 1.29 is 4.79 Å². The van der Waals surface area contributed by atoms with Gasteiger partial charge in [-0.3, -0.25) is 14.2 Å². The van der Waals surface area contributed by atoms with E-state index >= 15 is 0 Å². The number of amides is 1. The Morgan fingerprint density at radius 1 is 1.21 bits per heavy atom. The van der Waals surface area contributed by atoms with Crippen LogP contribution in [0.15, 0.2) is 29.5 Å². The van der Waals surface area contributed by atoms with Crippen LogP contribution in [-0.2, 0) is 11.3 Å². The molecule has 1 saturated heterocycles. The Balaban J connectivity index is 1.39. The molecule has 0 atom stereocenters. The Morgan fingerprint density at radius 2 is 2.00 bits per heavy atom. The van der Waals surface area contributed by atoms with E-state index in [1.54, 1.807) is 6.20 Å². The van der Waals surface area contributed by atoms with E-state index in [4.69, 9.17) is 0 Å². The quantitative estimate of drug-likeness (QED) is 0.716. The van der Waals surface area contributed by atoms with Crippen molar-refractivity contribution in [3.8, 4) is 0 Å². The lowest BCUT2D eigenvalue weighted by Gasteiger charge is -2.17. The van der Waals surface area contributed by atoms with Gasteiger partial charge in [-0.25, -0.2) is 9.97 Å². The lowest BCUT2D eigenvalue weighted by atomic mass is 10.2. The Labute approximate surface area is 167 Å². The van der Waals surface area contributed by atoms with Crippen LogP contribution in [0.25, 0.3) is 10.2 Å². The monoisotopic (exact) mass is 397 g/mol. The maximum Gasteiger partial charge on any atom is 0.262 e. The minimum atomic E-state index is -0.174. The maximum atomic E-state index is 12.7. The highest BCUT2D eigenvalue weighted by Crippen LogP contribution is 2.25. The summed E-state index contributed by atoms with van der Waals surface area (Å²) in [5.41, 5.74) is 1.97. The molecule has 0 bridgehead atoms. The fourth-order valence-corrected chi connectivity index (χ4v) is 4.47. The molecule has 4 rings (SSSR count). The third-order valence-corrected chi connectivity index (χ3v) is 6.34. The van der Waals surface area contributed by atoms with Gasteiger partial charge in [0.2, 0.25) is 5.91 Å². The molecule has 1 N–H and O–H groups in total. The molecule has 28 heavy (non-hydrogen) atoms. The fourth-order valence-electron chi connectivity index (χ4n) is 3.48. The van der Waals surface area contributed by atoms with E-state index in [0.717, 1.165) is 34.0 Å². The van der Waals surface area contributed by atoms with Crippen LogP contribution < -0.4 is 15.8 Å². The number of thiophene rings is 1. The maximum absolute atomic E-state index is 12.7. The van der Waals surface area contributed by atoms with Crippen molar-refractivity contribution in [3.05, 3.63) is 45.5 Å². The first-order valence-electron chi connectivity index (χ1n) is 9.49. The molecule has 4 heterocycles. The van der Waals surface area contributed by atoms with E-state index in [2.05, 4.69) is 20.2 Å². The van der Waals surface area contributed by atoms with E-state index < -0.39 is 0 Å². The van der Waals surface area contributed by atoms with Crippen molar-refractivity contribution in [1.82, 2.24) is 14.5 Å². The first-order chi connectivity index (χ1) is 13.5. The average molecular weight is 398 g/mol. The molecule has 0 spiro atoms. The SMILES string of the molecule is Cc1sc2ncn(CCC(=O)Nc3ccc(N4CCCC4)cn3)c(=O)c2c1C. The Kier molecular flexibility index (Phi) is 5.13. The van der Waals surface area contributed by atoms with Crippen LogP contribution in [0.4, 0.5) is 11.5 Å². The summed E-state index contributed by atoms with van der Waals surface area (Å²) in [4.78, 5) is 37.8. The molecular weight excluding hydrogens is 374 g/mol. The number of aromatic nitrogens is 3. The van der Waals surface area contributed by atoms with Crippen LogP contribution in [0.1, 0.15) is 29.7 Å². The highest BCUT2D eigenvalue weighted by molar-refractivity contribution is 7.18. The third-order valence-electron chi connectivity index (χ3n) is 5.22. The van der Waals surface area contributed by atoms with E-state index in [1.807, 2.05) is 26.0 Å². The van der Waals surface area contributed by atoms with Crippen molar-refractivity contribution in [2.24, 2.45) is 0 Å². The first kappa shape index (κ1) is 18.6. The predicted octanol–water partition coefficient (Wildman–Crippen LogP) is 3.10. The third kappa shape index (κ3) is 3.64. The Morgan fingerprint density at radius 3 is 2.71 bits per heavy atom. The van der Waals surface area contributed by atoms with Gasteiger partial charge in [-0.15, -0.1) is 11.3 Å². The average Bonchev–Trinajstić information content (AvgIpc) is 3.31. The lowest BCUT2D eigenvalue weighted by molar-refractivity contribution is -0.116. The number of rotatable bonds is 5. The van der Waals surface area contributed by atoms with E-state index in [1.165, 1.54) is 35.1 Å². The molecule has 146 valence electrons. The summed E-state index contributed by atoms with van der Waals surface area (Å²) in [6, 6.07) is 3.81. The topological polar surface area (TPSA) is 80.1 Å². The summed E-state index contributed by atoms with van der Waals surface area (Å²) < 4.78 is 1.50. The summed E-state index contributed by atoms with van der Waals surface area (Å²) in [7, 11) is 0. The number of nitrogens with one attached hydrogen (secondary N) is 1. The molecule has 1 fully saturated rings. The first-order valence-corrected chi connectivity index (χ1v) is 10.3. The van der Waals surface area contributed by atoms with E-state index in [-0.39, 0.29) is 24.4 Å². The van der Waals surface area contributed by atoms with Gasteiger partial charge in [-0.1, -0.05) is 0 Å². The summed E-state index contributed by atoms with van der Waals surface area (Å²) in [5.74, 6) is 0.352. The molecule has 0 saturated carbocycles. The number of anilines is 2. The van der Waals surface area contributed by atoms with Crippen molar-refractivity contribution in [3.63, 3.8) is 0 Å². The number of carbonyl (C=O) groups is 1. The van der Waals surface area contributed by atoms with Crippen LogP contribution >= 0.6 is 11.3 Å². The van der Waals surface area contributed by atoms with Gasteiger partial charge in [0.05, 0.1) is 23.6 Å². The van der Waals surface area contributed by atoms with Crippen molar-refractivity contribution >= 4 is 39.0 Å². The zero-order valence-corrected chi connectivity index (χ0v) is 16.9. The second-order valence-corrected chi connectivity index (χ2v) is 8.30. The Hall–Kier alpha value is -2.74. The predicted molar refractivity (Wildman–Crippen MR) is 112 cm³/mol. The zero-order valence-electron chi connectivity index (χ0n) is 16.1. The summed E-state index contributed by atoms with van der Waals surface area (Å²) >= 11 is 1.52. The van der Waals surface area contributed by atoms with Crippen LogP contribution in [0, 0.1) is 13.8 Å². The van der Waals surface area contributed by atoms with Gasteiger partial charge in [-0.2, -0.15) is 0 Å². The van der Waals surface area contributed by atoms with Gasteiger partial charge < -0.3 is 10.2 Å². The lowest BCUT2D eigenvalue weighted by Crippen LogP contribution is -2.24. The molecule has 0 aromatic carbocycles. The van der Waals surface area contributed by atoms with Crippen molar-refractivity contribution in [2.75, 3.05) is 23.3 Å². The number of aryl methyl sites for hydroxylation is 3. The van der Waals surface area contributed by atoms with Gasteiger partial charge in [-0.05, 0) is 44.4 Å². The minimum Gasteiger partial charge on any atom is -0.370 e. The number of nitrogens with zero attached hydrogens (tertiary/aromatic N) is 4. The van der Waals surface area contributed by atoms with Crippen LogP contribution in [-0.4, -0.2) is 33.5 Å². The van der Waals surface area contributed by atoms with Gasteiger partial charge in [0.1, 0.15) is 10.6 Å². The second kappa shape index (κ2) is 7.71. The molecule has 1 aliphatic heterocycles. The highest BCUT2D eigenvalue weighted by atomic mass is 32.1. The smallest absolute Gasteiger partial charge is 0.262 e. The molecule has 0 unspecified atom stereocenters. The molecule has 0 radical (unpaired) electrons. The number of pyridine rings is 1. The number of carbonyl (C=O) groups excluding carboxylic acids is 1. The number of fused-ring (bicyclic) bond motifs is 1. The summed E-state index contributed by atoms with van der Waals surface area (Å²) in [6.07, 6.45) is 5.93. The van der Waals surface area contributed by atoms with Crippen molar-refractivity contribution in [2.45, 2.75) is 39.7 Å². The fraction of sp³-hybridized carbons (Fsp3) is 0.400. The van der Waals surface area contributed by atoms with Gasteiger partial charge in [0.15, 0.2) is 0 Å². The second-order valence-electron chi connectivity index (χ2n) is 7.10. The van der Waals surface area contributed by atoms with Gasteiger partial charge in [0.25, 0.3) is 5.56 Å². The summed E-state index contributed by atoms with van der Waals surface area (Å²) in [5, 5.41) is 3.46. The van der Waals surface area contributed by atoms with E-state index in [0.29, 0.717) is 11.2 Å². The Bertz CT molecular complexity index is 1060. The molecule has 3 aromatic rings. The van der Waals surface area contributed by atoms with E-state index in [9.17, 15) is 9.59 Å². The summed E-state index contributed by atoms with van der Waals surface area (Å²) in [6.45, 7) is 6.33. The molecule has 7 nitrogen and oxygen atoms in total. The molecular formula is C20H23N5O2S.